The Labute approximate surface area is 490 Å². The van der Waals surface area contributed by atoms with Crippen LogP contribution in [0.3, 0.4) is 0 Å². The van der Waals surface area contributed by atoms with Gasteiger partial charge in [0.25, 0.3) is 0 Å². The third-order valence-electron chi connectivity index (χ3n) is 22.2. The monoisotopic (exact) mass is 1180 g/mol. The maximum atomic E-state index is 12.8. The van der Waals surface area contributed by atoms with Gasteiger partial charge in [0.05, 0.1) is 85.0 Å². The third kappa shape index (κ3) is 12.1. The zero-order chi connectivity index (χ0) is 59.1. The second-order valence-corrected chi connectivity index (χ2v) is 27.1. The fourth-order valence-electron chi connectivity index (χ4n) is 17.4. The molecule has 1 spiro atoms. The SMILES string of the molecule is CO[C@H]1[C@@H](O)[C@@H](C)O[C@@H](O[C@H]2[C@@H](OC)C[C@H](O[C@H]3CC[C@H](O[C@H]4[C@@H](O)C[C@H](O[C@@H]5[C@@H](C)O[C@@]6(CO[C@@H]7C[C@@H](O[C@@H](C)[C@@]8(O)CC[C@@H]9[C@@H]%10CC=C%11C[C@@H](O)CC[C@]%11(C)[C@H]%10CC[C@@]98C)O[C@H](C)[C@H]7OO6)C[C@H]5OC)O[C@@H]4C)O[C@@H]3C)O[C@@H]2C)[C@@H]1O. The molecular weight excluding hydrogens is 1080 g/mol. The number of methoxy groups -OCH3 is 3. The van der Waals surface area contributed by atoms with E-state index in [1.807, 2.05) is 41.5 Å². The summed E-state index contributed by atoms with van der Waals surface area (Å²) in [7, 11) is 4.62. The number of allylic oxidation sites excluding steroid dienone is 1. The lowest BCUT2D eigenvalue weighted by molar-refractivity contribution is -0.472. The second kappa shape index (κ2) is 25.3. The molecular formula is C61H100O22. The normalized spacial score (nSPS) is 54.4. The van der Waals surface area contributed by atoms with Crippen molar-refractivity contribution in [3.63, 3.8) is 0 Å². The predicted molar refractivity (Wildman–Crippen MR) is 291 cm³/mol. The van der Waals surface area contributed by atoms with Crippen molar-refractivity contribution < 1.29 is 106 Å². The molecule has 0 amide bonds. The van der Waals surface area contributed by atoms with Crippen LogP contribution in [0.5, 0.6) is 0 Å². The van der Waals surface area contributed by atoms with Gasteiger partial charge >= 0.3 is 0 Å². The summed E-state index contributed by atoms with van der Waals surface area (Å²) in [6.45, 7) is 17.9. The Kier molecular flexibility index (Phi) is 19.3. The molecule has 22 nitrogen and oxygen atoms in total. The van der Waals surface area contributed by atoms with Crippen LogP contribution in [0.15, 0.2) is 11.6 Å². The fraction of sp³-hybridized carbons (Fsp3) is 0.967. The Morgan fingerprint density at radius 1 is 0.602 bits per heavy atom. The van der Waals surface area contributed by atoms with Crippen molar-refractivity contribution in [2.24, 2.45) is 28.6 Å². The van der Waals surface area contributed by atoms with Gasteiger partial charge in [-0.25, -0.2) is 4.89 Å². The summed E-state index contributed by atoms with van der Waals surface area (Å²) >= 11 is 0. The molecule has 10 fully saturated rings. The molecule has 0 aromatic heterocycles. The van der Waals surface area contributed by atoms with Gasteiger partial charge in [0.15, 0.2) is 31.5 Å². The van der Waals surface area contributed by atoms with Crippen LogP contribution in [-0.4, -0.2) is 218 Å². The summed E-state index contributed by atoms with van der Waals surface area (Å²) in [5.74, 6) is 0.128. The Hall–Kier alpha value is -1.14. The zero-order valence-electron chi connectivity index (χ0n) is 51.0. The molecule has 0 aromatic carbocycles. The number of aliphatic hydroxyl groups is 5. The van der Waals surface area contributed by atoms with Gasteiger partial charge in [0.1, 0.15) is 49.3 Å². The highest BCUT2D eigenvalue weighted by Gasteiger charge is 2.66. The molecule has 0 unspecified atom stereocenters. The highest BCUT2D eigenvalue weighted by Crippen LogP contribution is 2.68. The highest BCUT2D eigenvalue weighted by atomic mass is 17.2. The molecule has 7 heterocycles. The molecule has 22 heteroatoms. The van der Waals surface area contributed by atoms with Gasteiger partial charge in [-0.3, -0.25) is 0 Å². The summed E-state index contributed by atoms with van der Waals surface area (Å²) in [4.78, 5) is 12.4. The Morgan fingerprint density at radius 2 is 1.29 bits per heavy atom. The van der Waals surface area contributed by atoms with Crippen LogP contribution >= 0.6 is 0 Å². The molecule has 0 aromatic rings. The van der Waals surface area contributed by atoms with Crippen LogP contribution in [0.1, 0.15) is 152 Å². The first-order valence-electron chi connectivity index (χ1n) is 31.4. The molecule has 11 rings (SSSR count). The Bertz CT molecular complexity index is 2190. The molecule has 4 aliphatic carbocycles. The number of ether oxygens (including phenoxy) is 15. The van der Waals surface area contributed by atoms with Gasteiger partial charge in [-0.1, -0.05) is 25.5 Å². The molecule has 5 N–H and O–H groups in total. The number of hydrogen-bond acceptors (Lipinski definition) is 22. The van der Waals surface area contributed by atoms with Crippen molar-refractivity contribution in [3.05, 3.63) is 11.6 Å². The van der Waals surface area contributed by atoms with E-state index in [1.165, 1.54) is 12.7 Å². The second-order valence-electron chi connectivity index (χ2n) is 27.1. The number of hydrogen-bond donors (Lipinski definition) is 5. The minimum absolute atomic E-state index is 0.0494. The largest absolute Gasteiger partial charge is 0.393 e. The van der Waals surface area contributed by atoms with Crippen molar-refractivity contribution in [1.29, 1.82) is 0 Å². The van der Waals surface area contributed by atoms with E-state index in [-0.39, 0.29) is 48.6 Å². The van der Waals surface area contributed by atoms with Crippen LogP contribution in [-0.2, 0) is 80.8 Å². The van der Waals surface area contributed by atoms with Gasteiger partial charge in [-0.15, -0.1) is 0 Å². The number of fused-ring (bicyclic) bond motifs is 6. The maximum Gasteiger partial charge on any atom is 0.228 e. The van der Waals surface area contributed by atoms with Gasteiger partial charge in [-0.05, 0) is 129 Å². The minimum atomic E-state index is -1.33. The minimum Gasteiger partial charge on any atom is -0.393 e. The lowest BCUT2D eigenvalue weighted by atomic mass is 9.46. The molecule has 11 aliphatic rings. The first kappa shape index (κ1) is 63.4. The Balaban J connectivity index is 0.631. The van der Waals surface area contributed by atoms with E-state index in [0.29, 0.717) is 49.9 Å². The maximum absolute atomic E-state index is 12.8. The third-order valence-corrected chi connectivity index (χ3v) is 22.2. The van der Waals surface area contributed by atoms with E-state index < -0.39 is 147 Å². The lowest BCUT2D eigenvalue weighted by Gasteiger charge is -2.59. The van der Waals surface area contributed by atoms with Gasteiger partial charge in [-0.2, -0.15) is 4.89 Å². The Morgan fingerprint density at radius 3 is 2.01 bits per heavy atom. The van der Waals surface area contributed by atoms with Gasteiger partial charge in [0.2, 0.25) is 5.79 Å². The summed E-state index contributed by atoms with van der Waals surface area (Å²) < 4.78 is 94.4. The quantitative estimate of drug-likeness (QED) is 0.113. The summed E-state index contributed by atoms with van der Waals surface area (Å²) in [6.07, 6.45) is -3.92. The van der Waals surface area contributed by atoms with E-state index >= 15 is 0 Å². The first-order chi connectivity index (χ1) is 39.5. The van der Waals surface area contributed by atoms with Crippen LogP contribution in [0, 0.1) is 28.6 Å². The molecule has 0 bridgehead atoms. The van der Waals surface area contributed by atoms with E-state index in [4.69, 9.17) is 80.8 Å². The molecule has 476 valence electrons. The van der Waals surface area contributed by atoms with E-state index in [0.717, 1.165) is 44.9 Å². The average Bonchev–Trinajstić information content (AvgIpc) is 1.73. The van der Waals surface area contributed by atoms with Gasteiger partial charge < -0.3 is 96.6 Å². The average molecular weight is 1190 g/mol. The van der Waals surface area contributed by atoms with Crippen molar-refractivity contribution in [1.82, 2.24) is 0 Å². The lowest BCUT2D eigenvalue weighted by Crippen LogP contribution is -2.61. The summed E-state index contributed by atoms with van der Waals surface area (Å²) in [5, 5.41) is 56.2. The van der Waals surface area contributed by atoms with Crippen LogP contribution in [0.2, 0.25) is 0 Å². The van der Waals surface area contributed by atoms with Crippen molar-refractivity contribution in [2.45, 2.75) is 317 Å². The molecule has 83 heavy (non-hydrogen) atoms. The molecule has 7 aliphatic heterocycles. The highest BCUT2D eigenvalue weighted by molar-refractivity contribution is 5.26. The zero-order valence-corrected chi connectivity index (χ0v) is 51.0. The fourth-order valence-corrected chi connectivity index (χ4v) is 17.4. The summed E-state index contributed by atoms with van der Waals surface area (Å²) in [5.41, 5.74) is 0.244. The van der Waals surface area contributed by atoms with Crippen molar-refractivity contribution in [2.75, 3.05) is 27.9 Å². The van der Waals surface area contributed by atoms with E-state index in [9.17, 15) is 25.5 Å². The first-order valence-corrected chi connectivity index (χ1v) is 31.4. The standard InChI is InChI=1S/C61H100O22/c1-29-42(77-49-25-43(67-10)53(32(4)73-49)80-57-51(65)56(69-12)50(64)30(2)75-57)15-16-46(71-29)78-52-31(3)72-47(24-41(52)63)79-54-34(6)81-60(27-45(54)68-11)28-70-44-26-48(74-33(5)55(44)82-83-60)76-35(7)61(66)22-19-40-38-14-13-36-23-37(62)17-20-58(36,8)39(38)18-21-59(40,61)9/h13,29-35,37-57,62-66H,14-28H2,1-12H3/t29-,30-,31-,32-,33-,34-,35+,37+,38-,39+,40-,41+,42+,43+,44-,45-,46+,47+,48-,49+,50+,51-,52-,53-,54-,55-,56+,57+,58+,59+,60+,61+/m1/s1. The summed E-state index contributed by atoms with van der Waals surface area (Å²) in [6, 6.07) is 0. The van der Waals surface area contributed by atoms with E-state index in [1.54, 1.807) is 21.1 Å². The van der Waals surface area contributed by atoms with Crippen molar-refractivity contribution >= 4 is 0 Å². The smallest absolute Gasteiger partial charge is 0.228 e. The molecule has 32 atom stereocenters. The van der Waals surface area contributed by atoms with Crippen LogP contribution < -0.4 is 0 Å². The van der Waals surface area contributed by atoms with Crippen LogP contribution in [0.4, 0.5) is 0 Å². The van der Waals surface area contributed by atoms with Crippen LogP contribution in [0.25, 0.3) is 0 Å². The topological polar surface area (TPSA) is 258 Å². The number of aliphatic hydroxyl groups excluding tert-OH is 4. The van der Waals surface area contributed by atoms with Gasteiger partial charge in [0, 0.05) is 58.8 Å². The molecule has 0 radical (unpaired) electrons. The predicted octanol–water partition coefficient (Wildman–Crippen LogP) is 5.01. The number of rotatable bonds is 14. The van der Waals surface area contributed by atoms with E-state index in [2.05, 4.69) is 19.9 Å². The molecule has 3 saturated carbocycles. The molecule has 7 saturated heterocycles. The van der Waals surface area contributed by atoms with Crippen molar-refractivity contribution in [3.8, 4) is 0 Å².